The van der Waals surface area contributed by atoms with Gasteiger partial charge in [0.15, 0.2) is 0 Å². The first-order chi connectivity index (χ1) is 13.3. The fourth-order valence-electron chi connectivity index (χ4n) is 4.09. The third-order valence-corrected chi connectivity index (χ3v) is 6.08. The van der Waals surface area contributed by atoms with Crippen LogP contribution in [0.15, 0.2) is 18.2 Å². The number of fused-ring (bicyclic) bond motifs is 2. The molecule has 4 aliphatic rings. The lowest BCUT2D eigenvalue weighted by Crippen LogP contribution is -2.52. The molecule has 2 saturated carbocycles. The average molecular weight is 387 g/mol. The fourth-order valence-corrected chi connectivity index (χ4v) is 4.09. The minimum absolute atomic E-state index is 0.0415. The van der Waals surface area contributed by atoms with Gasteiger partial charge in [0.05, 0.1) is 5.54 Å². The molecule has 5 rings (SSSR count). The van der Waals surface area contributed by atoms with E-state index in [2.05, 4.69) is 10.6 Å². The van der Waals surface area contributed by atoms with Gasteiger partial charge in [-0.2, -0.15) is 0 Å². The van der Waals surface area contributed by atoms with Crippen LogP contribution in [0.2, 0.25) is 0 Å². The second-order valence-corrected chi connectivity index (χ2v) is 7.99. The summed E-state index contributed by atoms with van der Waals surface area (Å²) in [7, 11) is 0. The number of rotatable bonds is 4. The molecular formula is C19H18FN3O5. The molecule has 1 saturated heterocycles. The Labute approximate surface area is 159 Å². The molecule has 0 bridgehead atoms. The van der Waals surface area contributed by atoms with Crippen molar-refractivity contribution in [1.82, 2.24) is 15.5 Å². The molecule has 1 unspecified atom stereocenters. The molecule has 2 heterocycles. The number of alkyl carbamates (subject to hydrolysis) is 1. The number of carbonyl (C=O) groups excluding carboxylic acids is 4. The molecule has 9 heteroatoms. The van der Waals surface area contributed by atoms with E-state index in [1.807, 2.05) is 0 Å². The molecule has 2 aliphatic heterocycles. The van der Waals surface area contributed by atoms with Gasteiger partial charge in [-0.1, -0.05) is 12.1 Å². The van der Waals surface area contributed by atoms with Crippen molar-refractivity contribution < 1.29 is 28.3 Å². The van der Waals surface area contributed by atoms with E-state index in [1.54, 1.807) is 18.2 Å². The maximum Gasteiger partial charge on any atom is 0.408 e. The summed E-state index contributed by atoms with van der Waals surface area (Å²) in [5.74, 6) is -1.07. The van der Waals surface area contributed by atoms with Gasteiger partial charge in [-0.25, -0.2) is 9.18 Å². The number of halogens is 1. The highest BCUT2D eigenvalue weighted by Crippen LogP contribution is 2.73. The van der Waals surface area contributed by atoms with Crippen LogP contribution in [-0.2, 0) is 27.5 Å². The minimum atomic E-state index is -1.23. The van der Waals surface area contributed by atoms with Crippen LogP contribution in [0, 0.1) is 0 Å². The Kier molecular flexibility index (Phi) is 3.38. The van der Waals surface area contributed by atoms with Crippen molar-refractivity contribution >= 4 is 23.8 Å². The minimum Gasteiger partial charge on any atom is -0.445 e. The fraction of sp³-hybridized carbons (Fsp3) is 0.474. The van der Waals surface area contributed by atoms with Gasteiger partial charge in [-0.05, 0) is 23.6 Å². The highest BCUT2D eigenvalue weighted by Gasteiger charge is 2.87. The Bertz CT molecular complexity index is 939. The molecule has 1 aromatic carbocycles. The van der Waals surface area contributed by atoms with E-state index in [0.717, 1.165) is 5.56 Å². The number of ether oxygens (including phenoxy) is 1. The lowest BCUT2D eigenvalue weighted by Gasteiger charge is -2.29. The van der Waals surface area contributed by atoms with E-state index in [-0.39, 0.29) is 24.8 Å². The smallest absolute Gasteiger partial charge is 0.408 e. The SMILES string of the molecule is O=C1CCC(N2Cc3ccc(COC(=O)NC45CC4(F)C5)cc3C2=O)C(=O)N1. The third kappa shape index (κ3) is 2.56. The number of benzene rings is 1. The first-order valence-corrected chi connectivity index (χ1v) is 9.21. The van der Waals surface area contributed by atoms with Gasteiger partial charge >= 0.3 is 6.09 Å². The molecule has 8 nitrogen and oxygen atoms in total. The number of nitrogens with zero attached hydrogens (tertiary/aromatic N) is 1. The molecule has 3 fully saturated rings. The van der Waals surface area contributed by atoms with Crippen LogP contribution in [0.25, 0.3) is 0 Å². The summed E-state index contributed by atoms with van der Waals surface area (Å²) in [6.45, 7) is 0.253. The summed E-state index contributed by atoms with van der Waals surface area (Å²) >= 11 is 0. The van der Waals surface area contributed by atoms with Crippen LogP contribution in [0.1, 0.15) is 47.2 Å². The molecule has 1 aromatic rings. The second-order valence-electron chi connectivity index (χ2n) is 7.99. The van der Waals surface area contributed by atoms with Gasteiger partial charge in [0, 0.05) is 31.4 Å². The average Bonchev–Trinajstić information content (AvgIpc) is 3.34. The summed E-state index contributed by atoms with van der Waals surface area (Å²) in [6, 6.07) is 4.49. The van der Waals surface area contributed by atoms with Crippen LogP contribution >= 0.6 is 0 Å². The molecule has 0 aromatic heterocycles. The van der Waals surface area contributed by atoms with E-state index in [9.17, 15) is 23.6 Å². The number of piperidine rings is 1. The van der Waals surface area contributed by atoms with Crippen molar-refractivity contribution in [3.05, 3.63) is 34.9 Å². The summed E-state index contributed by atoms with van der Waals surface area (Å²) in [5, 5.41) is 4.82. The Balaban J connectivity index is 1.23. The zero-order chi connectivity index (χ0) is 19.7. The van der Waals surface area contributed by atoms with Crippen molar-refractivity contribution in [2.75, 3.05) is 0 Å². The standard InChI is InChI=1S/C19H18FN3O5/c20-18-8-19(18,9-18)22-17(27)28-7-10-1-2-11-6-23(16(26)12(11)5-10)13-3-4-14(24)21-15(13)25/h1-2,5,13H,3-4,6-9H2,(H,22,27)(H,21,24,25). The van der Waals surface area contributed by atoms with Gasteiger partial charge in [-0.3, -0.25) is 19.7 Å². The van der Waals surface area contributed by atoms with Crippen LogP contribution in [-0.4, -0.2) is 46.0 Å². The third-order valence-electron chi connectivity index (χ3n) is 6.08. The molecule has 4 amide bonds. The first kappa shape index (κ1) is 17.2. The molecule has 0 radical (unpaired) electrons. The normalized spacial score (nSPS) is 32.4. The zero-order valence-electron chi connectivity index (χ0n) is 14.9. The Morgan fingerprint density at radius 1 is 1.32 bits per heavy atom. The van der Waals surface area contributed by atoms with Crippen LogP contribution in [0.4, 0.5) is 9.18 Å². The van der Waals surface area contributed by atoms with Gasteiger partial charge < -0.3 is 15.0 Å². The maximum atomic E-state index is 13.5. The predicted octanol–water partition coefficient (Wildman–Crippen LogP) is 0.928. The van der Waals surface area contributed by atoms with Crippen LogP contribution in [0.5, 0.6) is 0 Å². The Morgan fingerprint density at radius 2 is 2.07 bits per heavy atom. The zero-order valence-corrected chi connectivity index (χ0v) is 14.9. The molecule has 1 atom stereocenters. The predicted molar refractivity (Wildman–Crippen MR) is 91.6 cm³/mol. The summed E-state index contributed by atoms with van der Waals surface area (Å²) in [4.78, 5) is 49.4. The number of carbonyl (C=O) groups is 4. The van der Waals surface area contributed by atoms with E-state index in [0.29, 0.717) is 36.9 Å². The lowest BCUT2D eigenvalue weighted by atomic mass is 10.0. The first-order valence-electron chi connectivity index (χ1n) is 9.21. The molecule has 2 aliphatic carbocycles. The van der Waals surface area contributed by atoms with Crippen molar-refractivity contribution in [3.63, 3.8) is 0 Å². The maximum absolute atomic E-state index is 13.5. The van der Waals surface area contributed by atoms with Crippen molar-refractivity contribution in [1.29, 1.82) is 0 Å². The van der Waals surface area contributed by atoms with Gasteiger partial charge in [-0.15, -0.1) is 0 Å². The monoisotopic (exact) mass is 387 g/mol. The van der Waals surface area contributed by atoms with E-state index in [4.69, 9.17) is 4.74 Å². The highest BCUT2D eigenvalue weighted by atomic mass is 19.1. The van der Waals surface area contributed by atoms with Crippen LogP contribution in [0.3, 0.4) is 0 Å². The Morgan fingerprint density at radius 3 is 2.75 bits per heavy atom. The number of imide groups is 1. The molecular weight excluding hydrogens is 369 g/mol. The highest BCUT2D eigenvalue weighted by molar-refractivity contribution is 6.05. The number of alkyl halides is 1. The van der Waals surface area contributed by atoms with Crippen molar-refractivity contribution in [2.45, 2.75) is 56.1 Å². The van der Waals surface area contributed by atoms with Gasteiger partial charge in [0.1, 0.15) is 18.3 Å². The molecule has 0 spiro atoms. The Hall–Kier alpha value is -2.97. The summed E-state index contributed by atoms with van der Waals surface area (Å²) < 4.78 is 18.7. The molecule has 28 heavy (non-hydrogen) atoms. The number of nitrogens with one attached hydrogen (secondary N) is 2. The summed E-state index contributed by atoms with van der Waals surface area (Å²) in [6.07, 6.45) is 0.524. The van der Waals surface area contributed by atoms with Gasteiger partial charge in [0.2, 0.25) is 11.8 Å². The van der Waals surface area contributed by atoms with E-state index < -0.39 is 29.2 Å². The number of amides is 4. The van der Waals surface area contributed by atoms with Gasteiger partial charge in [0.25, 0.3) is 5.91 Å². The molecule has 146 valence electrons. The van der Waals surface area contributed by atoms with Crippen molar-refractivity contribution in [2.24, 2.45) is 0 Å². The van der Waals surface area contributed by atoms with E-state index in [1.165, 1.54) is 4.90 Å². The largest absolute Gasteiger partial charge is 0.445 e. The lowest BCUT2D eigenvalue weighted by molar-refractivity contribution is -0.136. The summed E-state index contributed by atoms with van der Waals surface area (Å²) in [5.41, 5.74) is -0.0775. The van der Waals surface area contributed by atoms with E-state index >= 15 is 0 Å². The van der Waals surface area contributed by atoms with Crippen LogP contribution < -0.4 is 10.6 Å². The van der Waals surface area contributed by atoms with Crippen molar-refractivity contribution in [3.8, 4) is 0 Å². The second kappa shape index (κ2) is 5.52. The topological polar surface area (TPSA) is 105 Å². The quantitative estimate of drug-likeness (QED) is 0.748. The molecule has 2 N–H and O–H groups in total. The number of hydrogen-bond donors (Lipinski definition) is 2. The number of hydrogen-bond acceptors (Lipinski definition) is 5.